The van der Waals surface area contributed by atoms with Gasteiger partial charge in [-0.2, -0.15) is 4.31 Å². The Kier molecular flexibility index (Phi) is 5.02. The van der Waals surface area contributed by atoms with Crippen molar-refractivity contribution in [2.45, 2.75) is 52.4 Å². The zero-order valence-corrected chi connectivity index (χ0v) is 17.3. The van der Waals surface area contributed by atoms with Crippen molar-refractivity contribution in [2.75, 3.05) is 13.1 Å². The molecule has 0 bridgehead atoms. The van der Waals surface area contributed by atoms with Crippen LogP contribution in [0.3, 0.4) is 0 Å². The van der Waals surface area contributed by atoms with Crippen LogP contribution in [0.5, 0.6) is 0 Å². The number of sulfonamides is 1. The van der Waals surface area contributed by atoms with E-state index in [0.717, 1.165) is 18.4 Å². The summed E-state index contributed by atoms with van der Waals surface area (Å²) in [6, 6.07) is 7.16. The number of allylic oxidation sites excluding steroid dienone is 3. The van der Waals surface area contributed by atoms with Gasteiger partial charge in [0.2, 0.25) is 10.0 Å². The van der Waals surface area contributed by atoms with Gasteiger partial charge in [-0.05, 0) is 54.0 Å². The molecule has 0 fully saturated rings. The fourth-order valence-electron chi connectivity index (χ4n) is 3.81. The van der Waals surface area contributed by atoms with Crippen molar-refractivity contribution in [3.8, 4) is 0 Å². The first-order valence-electron chi connectivity index (χ1n) is 9.33. The molecule has 0 aromatic heterocycles. The van der Waals surface area contributed by atoms with Crippen LogP contribution < -0.4 is 0 Å². The van der Waals surface area contributed by atoms with Gasteiger partial charge in [-0.3, -0.25) is 0 Å². The smallest absolute Gasteiger partial charge is 0.207 e. The lowest BCUT2D eigenvalue weighted by atomic mass is 9.75. The van der Waals surface area contributed by atoms with Crippen molar-refractivity contribution in [2.24, 2.45) is 5.41 Å². The fraction of sp³-hybridized carbons (Fsp3) is 0.455. The lowest BCUT2D eigenvalue weighted by Crippen LogP contribution is -2.39. The van der Waals surface area contributed by atoms with Gasteiger partial charge in [0.15, 0.2) is 0 Å². The van der Waals surface area contributed by atoms with Crippen LogP contribution in [-0.2, 0) is 10.0 Å². The molecule has 3 rings (SSSR count). The Labute approximate surface area is 158 Å². The van der Waals surface area contributed by atoms with Crippen LogP contribution in [0.1, 0.15) is 46.1 Å². The van der Waals surface area contributed by atoms with E-state index in [4.69, 9.17) is 0 Å². The molecule has 1 aromatic rings. The number of aryl methyl sites for hydroxylation is 1. The molecule has 0 unspecified atom stereocenters. The molecule has 1 aromatic carbocycles. The lowest BCUT2D eigenvalue weighted by Gasteiger charge is -2.37. The molecule has 0 radical (unpaired) electrons. The van der Waals surface area contributed by atoms with E-state index in [1.54, 1.807) is 16.4 Å². The number of hydrogen-bond acceptors (Lipinski definition) is 2. The Morgan fingerprint density at radius 2 is 1.73 bits per heavy atom. The normalized spacial score (nSPS) is 19.1. The summed E-state index contributed by atoms with van der Waals surface area (Å²) in [6.45, 7) is 11.7. The highest BCUT2D eigenvalue weighted by molar-refractivity contribution is 7.89. The Bertz CT molecular complexity index is 894. The summed E-state index contributed by atoms with van der Waals surface area (Å²) < 4.78 is 28.2. The minimum absolute atomic E-state index is 0.0286. The van der Waals surface area contributed by atoms with Gasteiger partial charge < -0.3 is 0 Å². The molecule has 1 heterocycles. The summed E-state index contributed by atoms with van der Waals surface area (Å²) in [6.07, 6.45) is 6.18. The van der Waals surface area contributed by atoms with E-state index in [1.807, 2.05) is 19.1 Å². The fourth-order valence-corrected chi connectivity index (χ4v) is 5.22. The van der Waals surface area contributed by atoms with E-state index in [2.05, 4.69) is 39.8 Å². The predicted molar refractivity (Wildman–Crippen MR) is 107 cm³/mol. The monoisotopic (exact) mass is 371 g/mol. The maximum absolute atomic E-state index is 13.3. The standard InChI is InChI=1S/C22H29NO2S/c1-6-17-14-23(26(24,25)18-12-10-16(2)11-13-18)15-20-19(17)8-7-9-21(20)22(3,4)5/h7-8,10-13H,6,9,14-15H2,1-5H3. The molecule has 3 nitrogen and oxygen atoms in total. The maximum Gasteiger partial charge on any atom is 0.243 e. The third kappa shape index (κ3) is 3.45. The van der Waals surface area contributed by atoms with Crippen molar-refractivity contribution in [1.82, 2.24) is 4.31 Å². The highest BCUT2D eigenvalue weighted by Crippen LogP contribution is 2.41. The molecule has 0 spiro atoms. The Hall–Kier alpha value is -1.65. The maximum atomic E-state index is 13.3. The minimum atomic E-state index is -3.50. The van der Waals surface area contributed by atoms with E-state index in [-0.39, 0.29) is 5.41 Å². The molecule has 1 aliphatic carbocycles. The summed E-state index contributed by atoms with van der Waals surface area (Å²) in [4.78, 5) is 0.381. The SMILES string of the molecule is CCC1=C2C=CCC(C(C)(C)C)=C2CN(S(=O)(=O)c2ccc(C)cc2)C1. The summed E-state index contributed by atoms with van der Waals surface area (Å²) in [5.74, 6) is 0. The van der Waals surface area contributed by atoms with E-state index in [1.165, 1.54) is 22.3 Å². The van der Waals surface area contributed by atoms with Crippen molar-refractivity contribution < 1.29 is 8.42 Å². The van der Waals surface area contributed by atoms with Crippen molar-refractivity contribution in [3.05, 3.63) is 64.3 Å². The van der Waals surface area contributed by atoms with E-state index in [9.17, 15) is 8.42 Å². The van der Waals surface area contributed by atoms with Crippen LogP contribution >= 0.6 is 0 Å². The predicted octanol–water partition coefficient (Wildman–Crippen LogP) is 5.01. The lowest BCUT2D eigenvalue weighted by molar-refractivity contribution is 0.431. The molecule has 0 saturated carbocycles. The van der Waals surface area contributed by atoms with Gasteiger partial charge in [-0.15, -0.1) is 0 Å². The molecular weight excluding hydrogens is 342 g/mol. The van der Waals surface area contributed by atoms with Gasteiger partial charge in [0.05, 0.1) is 4.90 Å². The third-order valence-electron chi connectivity index (χ3n) is 5.37. The Morgan fingerprint density at radius 3 is 2.31 bits per heavy atom. The molecule has 1 aliphatic heterocycles. The van der Waals surface area contributed by atoms with Gasteiger partial charge in [0.1, 0.15) is 0 Å². The quantitative estimate of drug-likeness (QED) is 0.749. The van der Waals surface area contributed by atoms with Gasteiger partial charge in [-0.25, -0.2) is 8.42 Å². The average molecular weight is 372 g/mol. The summed E-state index contributed by atoms with van der Waals surface area (Å²) >= 11 is 0. The summed E-state index contributed by atoms with van der Waals surface area (Å²) in [5, 5.41) is 0. The van der Waals surface area contributed by atoms with Crippen LogP contribution in [0.15, 0.2) is 63.6 Å². The summed E-state index contributed by atoms with van der Waals surface area (Å²) in [7, 11) is -3.50. The molecule has 26 heavy (non-hydrogen) atoms. The van der Waals surface area contributed by atoms with Crippen LogP contribution in [-0.4, -0.2) is 25.8 Å². The van der Waals surface area contributed by atoms with Gasteiger partial charge in [0.25, 0.3) is 0 Å². The van der Waals surface area contributed by atoms with Gasteiger partial charge in [-0.1, -0.05) is 63.1 Å². The van der Waals surface area contributed by atoms with Crippen molar-refractivity contribution in [1.29, 1.82) is 0 Å². The largest absolute Gasteiger partial charge is 0.243 e. The second-order valence-electron chi connectivity index (χ2n) is 8.27. The molecular formula is C22H29NO2S. The first kappa shape index (κ1) is 19.1. The highest BCUT2D eigenvalue weighted by Gasteiger charge is 2.34. The number of nitrogens with zero attached hydrogens (tertiary/aromatic N) is 1. The van der Waals surface area contributed by atoms with Crippen molar-refractivity contribution in [3.63, 3.8) is 0 Å². The van der Waals surface area contributed by atoms with Crippen LogP contribution in [0.4, 0.5) is 0 Å². The first-order chi connectivity index (χ1) is 12.1. The molecule has 0 atom stereocenters. The van der Waals surface area contributed by atoms with Crippen LogP contribution in [0, 0.1) is 12.3 Å². The zero-order chi connectivity index (χ0) is 19.1. The van der Waals surface area contributed by atoms with Crippen molar-refractivity contribution >= 4 is 10.0 Å². The van der Waals surface area contributed by atoms with E-state index in [0.29, 0.717) is 18.0 Å². The molecule has 0 saturated heterocycles. The average Bonchev–Trinajstić information content (AvgIpc) is 2.59. The number of benzene rings is 1. The second-order valence-corrected chi connectivity index (χ2v) is 10.2. The third-order valence-corrected chi connectivity index (χ3v) is 7.18. The summed E-state index contributed by atoms with van der Waals surface area (Å²) in [5.41, 5.74) is 6.12. The number of fused-ring (bicyclic) bond motifs is 1. The molecule has 140 valence electrons. The first-order valence-corrected chi connectivity index (χ1v) is 10.8. The van der Waals surface area contributed by atoms with Gasteiger partial charge in [0, 0.05) is 13.1 Å². The topological polar surface area (TPSA) is 37.4 Å². The molecule has 0 amide bonds. The number of hydrogen-bond donors (Lipinski definition) is 0. The number of rotatable bonds is 3. The highest BCUT2D eigenvalue weighted by atomic mass is 32.2. The Morgan fingerprint density at radius 1 is 1.08 bits per heavy atom. The second kappa shape index (κ2) is 6.82. The Balaban J connectivity index is 2.09. The van der Waals surface area contributed by atoms with Gasteiger partial charge >= 0.3 is 0 Å². The zero-order valence-electron chi connectivity index (χ0n) is 16.5. The molecule has 2 aliphatic rings. The van der Waals surface area contributed by atoms with Crippen LogP contribution in [0.25, 0.3) is 0 Å². The van der Waals surface area contributed by atoms with Crippen LogP contribution in [0.2, 0.25) is 0 Å². The van der Waals surface area contributed by atoms with E-state index < -0.39 is 10.0 Å². The molecule has 0 N–H and O–H groups in total. The minimum Gasteiger partial charge on any atom is -0.207 e. The van der Waals surface area contributed by atoms with E-state index >= 15 is 0 Å². The molecule has 4 heteroatoms.